The van der Waals surface area contributed by atoms with Gasteiger partial charge in [0.25, 0.3) is 0 Å². The van der Waals surface area contributed by atoms with E-state index in [9.17, 15) is 5.11 Å². The van der Waals surface area contributed by atoms with Crippen molar-refractivity contribution < 1.29 is 9.84 Å². The summed E-state index contributed by atoms with van der Waals surface area (Å²) in [6, 6.07) is 0. The molecule has 74 valence electrons. The van der Waals surface area contributed by atoms with Gasteiger partial charge in [-0.3, -0.25) is 0 Å². The van der Waals surface area contributed by atoms with E-state index in [-0.39, 0.29) is 10.0 Å². The highest BCUT2D eigenvalue weighted by molar-refractivity contribution is 14.1. The first-order valence-corrected chi connectivity index (χ1v) is 5.89. The van der Waals surface area contributed by atoms with Gasteiger partial charge in [-0.25, -0.2) is 0 Å². The zero-order valence-corrected chi connectivity index (χ0v) is 10.4. The maximum absolute atomic E-state index is 9.35. The minimum atomic E-state index is -0.413. The molecule has 0 saturated carbocycles. The minimum absolute atomic E-state index is 0.181. The first kappa shape index (κ1) is 12.9. The summed E-state index contributed by atoms with van der Waals surface area (Å²) in [7, 11) is 0. The molecular formula is C8H16ClIO2. The maximum Gasteiger partial charge on any atom is 0.109 e. The first-order chi connectivity index (χ1) is 5.61. The minimum Gasteiger partial charge on any atom is -0.392 e. The molecule has 0 spiro atoms. The molecule has 0 aromatic carbocycles. The summed E-state index contributed by atoms with van der Waals surface area (Å²) < 4.78 is 5.52. The number of hydrogen-bond acceptors (Lipinski definition) is 2. The van der Waals surface area contributed by atoms with Crippen LogP contribution in [-0.2, 0) is 4.74 Å². The van der Waals surface area contributed by atoms with Crippen LogP contribution in [0.5, 0.6) is 0 Å². The molecule has 0 amide bonds. The summed E-state index contributed by atoms with van der Waals surface area (Å²) >= 11 is 7.74. The Morgan fingerprint density at radius 1 is 1.58 bits per heavy atom. The van der Waals surface area contributed by atoms with Crippen molar-refractivity contribution in [2.24, 2.45) is 5.92 Å². The predicted octanol–water partition coefficient (Wildman–Crippen LogP) is 2.41. The lowest BCUT2D eigenvalue weighted by Crippen LogP contribution is -2.23. The van der Waals surface area contributed by atoms with Crippen LogP contribution in [-0.4, -0.2) is 27.8 Å². The first-order valence-electron chi connectivity index (χ1n) is 4.11. The summed E-state index contributed by atoms with van der Waals surface area (Å²) in [6.07, 6.45) is 0.437. The van der Waals surface area contributed by atoms with Gasteiger partial charge in [0, 0.05) is 12.5 Å². The molecule has 0 aliphatic heterocycles. The van der Waals surface area contributed by atoms with Crippen molar-refractivity contribution >= 4 is 34.2 Å². The highest BCUT2D eigenvalue weighted by Gasteiger charge is 2.16. The van der Waals surface area contributed by atoms with Crippen LogP contribution < -0.4 is 0 Å². The third kappa shape index (κ3) is 5.56. The topological polar surface area (TPSA) is 29.5 Å². The van der Waals surface area contributed by atoms with Gasteiger partial charge in [0.05, 0.1) is 6.10 Å². The monoisotopic (exact) mass is 306 g/mol. The largest absolute Gasteiger partial charge is 0.392 e. The van der Waals surface area contributed by atoms with E-state index < -0.39 is 6.10 Å². The lowest BCUT2D eigenvalue weighted by molar-refractivity contribution is 0.0795. The Labute approximate surface area is 92.8 Å². The normalized spacial score (nSPS) is 18.8. The Balaban J connectivity index is 3.59. The van der Waals surface area contributed by atoms with Gasteiger partial charge < -0.3 is 9.84 Å². The van der Waals surface area contributed by atoms with E-state index in [0.29, 0.717) is 5.88 Å². The molecule has 0 aliphatic rings. The fourth-order valence-electron chi connectivity index (χ4n) is 0.850. The van der Waals surface area contributed by atoms with Gasteiger partial charge in [0.1, 0.15) is 4.11 Å². The number of aliphatic hydroxyl groups excluding tert-OH is 1. The Bertz CT molecular complexity index is 113. The molecule has 2 nitrogen and oxygen atoms in total. The van der Waals surface area contributed by atoms with E-state index >= 15 is 0 Å². The quantitative estimate of drug-likeness (QED) is 0.603. The molecular weight excluding hydrogens is 290 g/mol. The summed E-state index contributed by atoms with van der Waals surface area (Å²) in [4.78, 5) is 0. The molecule has 0 aliphatic carbocycles. The standard InChI is InChI=1S/C8H16ClIO2/c1-3-12-8(10)4-6(2)7(11)5-9/h6-8,11H,3-5H2,1-2H3/t6-,7?,8?/m1/s1. The average Bonchev–Trinajstić information content (AvgIpc) is 2.03. The predicted molar refractivity (Wildman–Crippen MR) is 59.9 cm³/mol. The van der Waals surface area contributed by atoms with Crippen LogP contribution in [0.25, 0.3) is 0 Å². The Kier molecular flexibility index (Phi) is 7.93. The molecule has 1 N–H and O–H groups in total. The van der Waals surface area contributed by atoms with Crippen molar-refractivity contribution in [3.05, 3.63) is 0 Å². The van der Waals surface area contributed by atoms with E-state index in [1.807, 2.05) is 13.8 Å². The second-order valence-corrected chi connectivity index (χ2v) is 4.50. The van der Waals surface area contributed by atoms with Crippen LogP contribution in [0.15, 0.2) is 0 Å². The SMILES string of the molecule is CCOC(I)C[C@@H](C)C(O)CCl. The number of halogens is 2. The molecule has 3 atom stereocenters. The van der Waals surface area contributed by atoms with E-state index in [4.69, 9.17) is 16.3 Å². The van der Waals surface area contributed by atoms with Gasteiger partial charge in [-0.1, -0.05) is 29.5 Å². The zero-order chi connectivity index (χ0) is 9.56. The lowest BCUT2D eigenvalue weighted by atomic mass is 10.0. The summed E-state index contributed by atoms with van der Waals surface area (Å²) in [6.45, 7) is 4.67. The highest BCUT2D eigenvalue weighted by atomic mass is 127. The molecule has 2 unspecified atom stereocenters. The molecule has 0 heterocycles. The number of hydrogen-bond donors (Lipinski definition) is 1. The van der Waals surface area contributed by atoms with Gasteiger partial charge in [-0.05, 0) is 19.3 Å². The van der Waals surface area contributed by atoms with E-state index in [2.05, 4.69) is 22.6 Å². The maximum atomic E-state index is 9.35. The zero-order valence-electron chi connectivity index (χ0n) is 7.46. The van der Waals surface area contributed by atoms with Crippen molar-refractivity contribution in [1.82, 2.24) is 0 Å². The second-order valence-electron chi connectivity index (χ2n) is 2.80. The molecule has 0 bridgehead atoms. The van der Waals surface area contributed by atoms with Gasteiger partial charge in [-0.15, -0.1) is 11.6 Å². The molecule has 0 radical (unpaired) electrons. The molecule has 0 saturated heterocycles. The third-order valence-electron chi connectivity index (χ3n) is 1.72. The Morgan fingerprint density at radius 2 is 2.17 bits per heavy atom. The molecule has 4 heteroatoms. The van der Waals surface area contributed by atoms with Crippen molar-refractivity contribution in [2.45, 2.75) is 30.5 Å². The van der Waals surface area contributed by atoms with E-state index in [1.165, 1.54) is 0 Å². The van der Waals surface area contributed by atoms with Gasteiger partial charge in [0.15, 0.2) is 0 Å². The molecule has 0 aromatic heterocycles. The fraction of sp³-hybridized carbons (Fsp3) is 1.00. The molecule has 0 aromatic rings. The molecule has 0 rings (SSSR count). The van der Waals surface area contributed by atoms with Gasteiger partial charge in [0.2, 0.25) is 0 Å². The van der Waals surface area contributed by atoms with Crippen LogP contribution >= 0.6 is 34.2 Å². The summed E-state index contributed by atoms with van der Waals surface area (Å²) in [5, 5.41) is 9.35. The van der Waals surface area contributed by atoms with Gasteiger partial charge in [-0.2, -0.15) is 0 Å². The van der Waals surface area contributed by atoms with Crippen LogP contribution in [0.3, 0.4) is 0 Å². The van der Waals surface area contributed by atoms with Crippen molar-refractivity contribution in [1.29, 1.82) is 0 Å². The van der Waals surface area contributed by atoms with Crippen LogP contribution in [0.4, 0.5) is 0 Å². The van der Waals surface area contributed by atoms with Crippen molar-refractivity contribution in [3.63, 3.8) is 0 Å². The second kappa shape index (κ2) is 7.35. The number of alkyl halides is 2. The summed E-state index contributed by atoms with van der Waals surface area (Å²) in [5.41, 5.74) is 0. The van der Waals surface area contributed by atoms with E-state index in [1.54, 1.807) is 0 Å². The Hall–Kier alpha value is 0.940. The average molecular weight is 307 g/mol. The van der Waals surface area contributed by atoms with E-state index in [0.717, 1.165) is 13.0 Å². The molecule has 12 heavy (non-hydrogen) atoms. The number of aliphatic hydroxyl groups is 1. The third-order valence-corrected chi connectivity index (χ3v) is 2.90. The van der Waals surface area contributed by atoms with Crippen LogP contribution in [0.2, 0.25) is 0 Å². The summed E-state index contributed by atoms with van der Waals surface area (Å²) in [5.74, 6) is 0.507. The molecule has 0 fully saturated rings. The lowest BCUT2D eigenvalue weighted by Gasteiger charge is -2.19. The van der Waals surface area contributed by atoms with Crippen molar-refractivity contribution in [3.8, 4) is 0 Å². The van der Waals surface area contributed by atoms with Crippen LogP contribution in [0, 0.1) is 5.92 Å². The van der Waals surface area contributed by atoms with Crippen molar-refractivity contribution in [2.75, 3.05) is 12.5 Å². The van der Waals surface area contributed by atoms with Gasteiger partial charge >= 0.3 is 0 Å². The Morgan fingerprint density at radius 3 is 2.58 bits per heavy atom. The highest BCUT2D eigenvalue weighted by Crippen LogP contribution is 2.18. The smallest absolute Gasteiger partial charge is 0.109 e. The number of rotatable bonds is 6. The number of ether oxygens (including phenoxy) is 1. The fourth-order valence-corrected chi connectivity index (χ4v) is 2.32. The van der Waals surface area contributed by atoms with Crippen LogP contribution in [0.1, 0.15) is 20.3 Å².